The zero-order valence-electron chi connectivity index (χ0n) is 33.0. The molecule has 0 radical (unpaired) electrons. The SMILES string of the molecule is CN(Cc1cccc(C(=O)NCCOCCNS(=O)(=O)c2cccc3c(N(C)C)cccc23)c1)C(=O)Nc1ccc(-c2cn[nH]c2)cc1.O=C(O)C(F)(F)F.O=C(O)C(F)(F)F. The Balaban J connectivity index is 0.000000629. The van der Waals surface area contributed by atoms with Gasteiger partial charge in [-0.2, -0.15) is 31.4 Å². The van der Waals surface area contributed by atoms with Crippen LogP contribution >= 0.6 is 0 Å². The number of nitrogens with zero attached hydrogens (tertiary/aromatic N) is 3. The lowest BCUT2D eigenvalue weighted by molar-refractivity contribution is -0.193. The van der Waals surface area contributed by atoms with Gasteiger partial charge in [-0.05, 0) is 47.5 Å². The van der Waals surface area contributed by atoms with E-state index in [1.165, 1.54) is 4.90 Å². The average molecular weight is 898 g/mol. The Morgan fingerprint density at radius 2 is 1.35 bits per heavy atom. The molecule has 0 spiro atoms. The van der Waals surface area contributed by atoms with Crippen LogP contribution in [0.3, 0.4) is 0 Å². The molecule has 0 aliphatic carbocycles. The number of aromatic nitrogens is 2. The normalized spacial score (nSPS) is 11.3. The minimum atomic E-state index is -5.08. The van der Waals surface area contributed by atoms with E-state index in [0.29, 0.717) is 23.2 Å². The first-order chi connectivity index (χ1) is 29.0. The van der Waals surface area contributed by atoms with Crippen LogP contribution in [0.1, 0.15) is 15.9 Å². The van der Waals surface area contributed by atoms with Crippen molar-refractivity contribution in [1.82, 2.24) is 25.1 Å². The predicted octanol–water partition coefficient (Wildman–Crippen LogP) is 5.95. The van der Waals surface area contributed by atoms with E-state index < -0.39 is 34.3 Å². The minimum absolute atomic E-state index is 0.0831. The molecule has 0 unspecified atom stereocenters. The molecule has 3 amide bonds. The zero-order chi connectivity index (χ0) is 46.3. The third-order valence-corrected chi connectivity index (χ3v) is 9.63. The zero-order valence-corrected chi connectivity index (χ0v) is 33.9. The lowest BCUT2D eigenvalue weighted by Crippen LogP contribution is -2.31. The van der Waals surface area contributed by atoms with Gasteiger partial charge in [0.05, 0.1) is 24.3 Å². The lowest BCUT2D eigenvalue weighted by atomic mass is 10.1. The van der Waals surface area contributed by atoms with Crippen LogP contribution in [-0.4, -0.2) is 117 Å². The van der Waals surface area contributed by atoms with E-state index in [-0.39, 0.29) is 43.1 Å². The summed E-state index contributed by atoms with van der Waals surface area (Å²) in [6, 6.07) is 25.1. The number of hydrogen-bond donors (Lipinski definition) is 6. The Kier molecular flexibility index (Phi) is 17.8. The van der Waals surface area contributed by atoms with Crippen LogP contribution in [0.15, 0.2) is 102 Å². The number of carbonyl (C=O) groups is 4. The van der Waals surface area contributed by atoms with Crippen molar-refractivity contribution >= 4 is 56.0 Å². The number of hydrogen-bond acceptors (Lipinski definition) is 9. The fraction of sp³-hybridized carbons (Fsp3) is 0.256. The number of carbonyl (C=O) groups excluding carboxylic acids is 2. The summed E-state index contributed by atoms with van der Waals surface area (Å²) in [4.78, 5) is 47.0. The molecular weight excluding hydrogens is 857 g/mol. The molecule has 1 heterocycles. The molecule has 16 nitrogen and oxygen atoms in total. The number of fused-ring (bicyclic) bond motifs is 1. The Hall–Kier alpha value is -6.72. The number of aliphatic carboxylic acids is 2. The van der Waals surface area contributed by atoms with E-state index in [1.807, 2.05) is 67.5 Å². The molecule has 0 saturated carbocycles. The molecule has 0 fully saturated rings. The fourth-order valence-electron chi connectivity index (χ4n) is 5.19. The van der Waals surface area contributed by atoms with Crippen LogP contribution in [-0.2, 0) is 30.9 Å². The number of rotatable bonds is 14. The number of H-pyrrole nitrogens is 1. The number of nitrogens with one attached hydrogen (secondary N) is 4. The number of urea groups is 1. The third kappa shape index (κ3) is 15.4. The maximum absolute atomic E-state index is 13.1. The quantitative estimate of drug-likeness (QED) is 0.0565. The van der Waals surface area contributed by atoms with Gasteiger partial charge in [0.2, 0.25) is 10.0 Å². The summed E-state index contributed by atoms with van der Waals surface area (Å²) >= 11 is 0. The molecular formula is C39H41F6N7O9S. The van der Waals surface area contributed by atoms with E-state index in [4.69, 9.17) is 24.5 Å². The van der Waals surface area contributed by atoms with E-state index in [9.17, 15) is 44.3 Å². The van der Waals surface area contributed by atoms with Crippen LogP contribution in [0.2, 0.25) is 0 Å². The molecule has 5 rings (SSSR count). The fourth-order valence-corrected chi connectivity index (χ4v) is 6.42. The molecule has 334 valence electrons. The maximum atomic E-state index is 13.1. The number of ether oxygens (including phenoxy) is 1. The minimum Gasteiger partial charge on any atom is -0.475 e. The largest absolute Gasteiger partial charge is 0.490 e. The Morgan fingerprint density at radius 3 is 1.94 bits per heavy atom. The standard InChI is InChI=1S/C35H39N7O5S.2C2HF3O2/c1-41(2)32-11-5-10-31-30(32)9-6-12-33(31)48(45,46)39-18-20-47-19-17-36-34(43)27-8-4-7-25(21-27)24-42(3)35(44)40-29-15-13-26(14-16-29)28-22-37-38-23-28;2*3-2(4,5)1(6)7/h4-16,21-23,39H,17-20,24H2,1-3H3,(H,36,43)(H,37,38)(H,40,44);2*(H,6,7). The number of aromatic amines is 1. The van der Waals surface area contributed by atoms with Crippen molar-refractivity contribution in [3.63, 3.8) is 0 Å². The average Bonchev–Trinajstić information content (AvgIpc) is 3.75. The van der Waals surface area contributed by atoms with Gasteiger partial charge >= 0.3 is 30.3 Å². The second kappa shape index (κ2) is 22.2. The molecule has 0 aliphatic rings. The Bertz CT molecular complexity index is 2370. The molecule has 0 bridgehead atoms. The Labute approximate surface area is 350 Å². The monoisotopic (exact) mass is 897 g/mol. The first-order valence-corrected chi connectivity index (χ1v) is 19.3. The molecule has 0 saturated heterocycles. The van der Waals surface area contributed by atoms with Crippen molar-refractivity contribution in [3.05, 3.63) is 108 Å². The van der Waals surface area contributed by atoms with Gasteiger partial charge in [-0.1, -0.05) is 48.5 Å². The second-order valence-corrected chi connectivity index (χ2v) is 14.7. The highest BCUT2D eigenvalue weighted by atomic mass is 32.2. The predicted molar refractivity (Wildman–Crippen MR) is 215 cm³/mol. The van der Waals surface area contributed by atoms with Gasteiger partial charge in [0.15, 0.2) is 0 Å². The van der Waals surface area contributed by atoms with E-state index >= 15 is 0 Å². The number of carboxylic acids is 2. The number of halogens is 6. The summed E-state index contributed by atoms with van der Waals surface area (Å²) in [6.45, 7) is 0.976. The van der Waals surface area contributed by atoms with Crippen molar-refractivity contribution in [2.75, 3.05) is 57.7 Å². The summed E-state index contributed by atoms with van der Waals surface area (Å²) in [7, 11) is 1.75. The lowest BCUT2D eigenvalue weighted by Gasteiger charge is -2.18. The van der Waals surface area contributed by atoms with Gasteiger partial charge in [-0.25, -0.2) is 27.5 Å². The molecule has 5 aromatic rings. The highest BCUT2D eigenvalue weighted by molar-refractivity contribution is 7.89. The van der Waals surface area contributed by atoms with Crippen molar-refractivity contribution in [1.29, 1.82) is 0 Å². The van der Waals surface area contributed by atoms with Crippen LogP contribution in [0.4, 0.5) is 42.5 Å². The van der Waals surface area contributed by atoms with Crippen molar-refractivity contribution < 1.29 is 68.9 Å². The maximum Gasteiger partial charge on any atom is 0.490 e. The molecule has 0 atom stereocenters. The second-order valence-electron chi connectivity index (χ2n) is 12.9. The molecule has 0 aliphatic heterocycles. The molecule has 1 aromatic heterocycles. The highest BCUT2D eigenvalue weighted by Gasteiger charge is 2.39. The van der Waals surface area contributed by atoms with Crippen molar-refractivity contribution in [3.8, 4) is 11.1 Å². The molecule has 4 aromatic carbocycles. The number of carboxylic acid groups (broad SMARTS) is 2. The smallest absolute Gasteiger partial charge is 0.475 e. The van der Waals surface area contributed by atoms with Gasteiger partial charge in [-0.15, -0.1) is 0 Å². The highest BCUT2D eigenvalue weighted by Crippen LogP contribution is 2.30. The van der Waals surface area contributed by atoms with E-state index in [2.05, 4.69) is 25.6 Å². The number of sulfonamides is 1. The number of alkyl halides is 6. The van der Waals surface area contributed by atoms with Crippen LogP contribution in [0.5, 0.6) is 0 Å². The molecule has 62 heavy (non-hydrogen) atoms. The summed E-state index contributed by atoms with van der Waals surface area (Å²) in [5.74, 6) is -5.79. The third-order valence-electron chi connectivity index (χ3n) is 8.11. The van der Waals surface area contributed by atoms with Crippen LogP contribution < -0.4 is 20.3 Å². The van der Waals surface area contributed by atoms with Gasteiger partial charge in [0.25, 0.3) is 5.91 Å². The van der Waals surface area contributed by atoms with Crippen molar-refractivity contribution in [2.24, 2.45) is 0 Å². The Morgan fingerprint density at radius 1 is 0.774 bits per heavy atom. The first kappa shape index (κ1) is 49.6. The number of amides is 3. The van der Waals surface area contributed by atoms with Gasteiger partial charge in [-0.3, -0.25) is 9.89 Å². The summed E-state index contributed by atoms with van der Waals surface area (Å²) in [6.07, 6.45) is -6.64. The van der Waals surface area contributed by atoms with Crippen LogP contribution in [0.25, 0.3) is 21.9 Å². The van der Waals surface area contributed by atoms with Gasteiger partial charge in [0, 0.05) is 80.2 Å². The van der Waals surface area contributed by atoms with Crippen molar-refractivity contribution in [2.45, 2.75) is 23.8 Å². The van der Waals surface area contributed by atoms with E-state index in [0.717, 1.165) is 27.8 Å². The van der Waals surface area contributed by atoms with Gasteiger partial charge < -0.3 is 35.4 Å². The molecule has 23 heteroatoms. The topological polar surface area (TPSA) is 223 Å². The first-order valence-electron chi connectivity index (χ1n) is 17.9. The number of benzene rings is 4. The summed E-state index contributed by atoms with van der Waals surface area (Å²) in [5, 5.41) is 28.2. The summed E-state index contributed by atoms with van der Waals surface area (Å²) in [5.41, 5.74) is 4.78. The van der Waals surface area contributed by atoms with E-state index in [1.54, 1.807) is 55.8 Å². The summed E-state index contributed by atoms with van der Waals surface area (Å²) < 4.78 is 97.8. The number of anilines is 2. The molecule has 6 N–H and O–H groups in total. The van der Waals surface area contributed by atoms with Crippen LogP contribution in [0, 0.1) is 0 Å². The van der Waals surface area contributed by atoms with Gasteiger partial charge in [0.1, 0.15) is 0 Å².